The third-order valence-corrected chi connectivity index (χ3v) is 6.69. The Morgan fingerprint density at radius 3 is 2.46 bits per heavy atom. The highest BCUT2D eigenvalue weighted by atomic mass is 19.3. The van der Waals surface area contributed by atoms with Gasteiger partial charge in [-0.15, -0.1) is 0 Å². The fourth-order valence-corrected chi connectivity index (χ4v) is 4.77. The first-order valence-corrected chi connectivity index (χ1v) is 12.1. The van der Waals surface area contributed by atoms with Crippen molar-refractivity contribution in [2.24, 2.45) is 5.73 Å². The summed E-state index contributed by atoms with van der Waals surface area (Å²) in [5.41, 5.74) is 9.43. The van der Waals surface area contributed by atoms with E-state index in [9.17, 15) is 18.4 Å². The smallest absolute Gasteiger partial charge is 0.288 e. The van der Waals surface area contributed by atoms with Gasteiger partial charge in [0.1, 0.15) is 0 Å². The van der Waals surface area contributed by atoms with E-state index in [0.717, 1.165) is 42.6 Å². The van der Waals surface area contributed by atoms with Crippen molar-refractivity contribution >= 4 is 23.4 Å². The van der Waals surface area contributed by atoms with Crippen LogP contribution in [0, 0.1) is 5.41 Å². The summed E-state index contributed by atoms with van der Waals surface area (Å²) in [5.74, 6) is -0.800. The first-order valence-electron chi connectivity index (χ1n) is 12.1. The Kier molecular flexibility index (Phi) is 6.71. The van der Waals surface area contributed by atoms with Gasteiger partial charge in [0, 0.05) is 35.3 Å². The summed E-state index contributed by atoms with van der Waals surface area (Å²) in [6, 6.07) is 19.6. The van der Waals surface area contributed by atoms with Crippen molar-refractivity contribution in [2.75, 3.05) is 18.0 Å². The van der Waals surface area contributed by atoms with Crippen LogP contribution in [0.1, 0.15) is 44.7 Å². The van der Waals surface area contributed by atoms with E-state index in [2.05, 4.69) is 0 Å². The van der Waals surface area contributed by atoms with E-state index in [1.165, 1.54) is 6.07 Å². The molecule has 37 heavy (non-hydrogen) atoms. The molecule has 0 aliphatic carbocycles. The molecule has 3 aromatic rings. The topological polar surface area (TPSA) is 99.7 Å². The maximum Gasteiger partial charge on any atom is 0.288 e. The molecule has 5 rings (SSSR count). The minimum Gasteiger partial charge on any atom is -0.453 e. The number of hydrogen-bond donors (Lipinski definition) is 2. The predicted octanol–water partition coefficient (Wildman–Crippen LogP) is 4.64. The van der Waals surface area contributed by atoms with Gasteiger partial charge in [-0.3, -0.25) is 20.7 Å². The number of alkyl halides is 2. The second-order valence-corrected chi connectivity index (χ2v) is 9.11. The molecule has 1 fully saturated rings. The number of likely N-dealkylation sites (tertiary alicyclic amines) is 1. The zero-order chi connectivity index (χ0) is 26.1. The monoisotopic (exact) mass is 504 g/mol. The number of halogens is 2. The largest absolute Gasteiger partial charge is 0.453 e. The number of amides is 2. The lowest BCUT2D eigenvalue weighted by Crippen LogP contribution is -2.34. The van der Waals surface area contributed by atoms with E-state index in [1.807, 2.05) is 53.4 Å². The molecule has 2 amide bonds. The number of benzene rings is 3. The fourth-order valence-electron chi connectivity index (χ4n) is 4.77. The van der Waals surface area contributed by atoms with Crippen molar-refractivity contribution in [3.63, 3.8) is 0 Å². The lowest BCUT2D eigenvalue weighted by atomic mass is 10.00. The molecule has 1 saturated heterocycles. The lowest BCUT2D eigenvalue weighted by Gasteiger charge is -2.21. The molecule has 2 aliphatic rings. The Morgan fingerprint density at radius 2 is 1.70 bits per heavy atom. The van der Waals surface area contributed by atoms with E-state index in [0.29, 0.717) is 23.4 Å². The Hall–Kier alpha value is -4.11. The minimum absolute atomic E-state index is 0.00485. The number of fused-ring (bicyclic) bond motifs is 1. The molecule has 2 heterocycles. The van der Waals surface area contributed by atoms with Crippen LogP contribution < -0.4 is 10.6 Å². The van der Waals surface area contributed by atoms with Crippen LogP contribution in [0.25, 0.3) is 11.1 Å². The van der Waals surface area contributed by atoms with Crippen LogP contribution in [0.5, 0.6) is 0 Å². The number of nitrogens with zero attached hydrogens (tertiary/aromatic N) is 2. The van der Waals surface area contributed by atoms with Gasteiger partial charge in [0.25, 0.3) is 18.2 Å². The minimum atomic E-state index is -2.94. The SMILES string of the molecule is N=C(OC(N)C(F)F)c1ccc2c(c1)C(=O)N(c1ccccc1-c1cccc(C(=O)N3CCCC3)c1)C2. The van der Waals surface area contributed by atoms with Gasteiger partial charge in [0.15, 0.2) is 0 Å². The maximum atomic E-state index is 13.4. The summed E-state index contributed by atoms with van der Waals surface area (Å²) in [4.78, 5) is 29.9. The van der Waals surface area contributed by atoms with Gasteiger partial charge in [0.2, 0.25) is 12.1 Å². The maximum absolute atomic E-state index is 13.4. The molecule has 0 aromatic heterocycles. The van der Waals surface area contributed by atoms with Gasteiger partial charge in [-0.1, -0.05) is 36.4 Å². The van der Waals surface area contributed by atoms with Crippen molar-refractivity contribution in [1.82, 2.24) is 4.90 Å². The number of ether oxygens (including phenoxy) is 1. The Bertz CT molecular complexity index is 1370. The van der Waals surface area contributed by atoms with Crippen molar-refractivity contribution < 1.29 is 23.1 Å². The van der Waals surface area contributed by atoms with Crippen LogP contribution >= 0.6 is 0 Å². The zero-order valence-electron chi connectivity index (χ0n) is 20.0. The van der Waals surface area contributed by atoms with Crippen LogP contribution in [-0.4, -0.2) is 48.4 Å². The molecule has 0 spiro atoms. The Labute approximate surface area is 212 Å². The first kappa shape index (κ1) is 24.6. The number of para-hydroxylation sites is 1. The van der Waals surface area contributed by atoms with E-state index < -0.39 is 18.6 Å². The molecule has 190 valence electrons. The highest BCUT2D eigenvalue weighted by molar-refractivity contribution is 6.12. The summed E-state index contributed by atoms with van der Waals surface area (Å²) in [6.45, 7) is 1.83. The van der Waals surface area contributed by atoms with Crippen molar-refractivity contribution in [1.29, 1.82) is 5.41 Å². The Morgan fingerprint density at radius 1 is 0.946 bits per heavy atom. The normalized spacial score (nSPS) is 15.7. The summed E-state index contributed by atoms with van der Waals surface area (Å²) in [5, 5.41) is 7.97. The molecule has 0 radical (unpaired) electrons. The fraction of sp³-hybridized carbons (Fsp3) is 0.250. The standard InChI is InChI=1S/C28H26F2N4O3/c29-24(30)26(32)37-25(31)18-10-11-20-16-34(28(36)22(20)15-18)23-9-2-1-8-21(23)17-6-5-7-19(14-17)27(35)33-12-3-4-13-33/h1-2,5-11,14-15,24,26,31H,3-4,12-13,16,32H2. The number of nitrogens with two attached hydrogens (primary N) is 1. The first-order chi connectivity index (χ1) is 17.8. The van der Waals surface area contributed by atoms with E-state index in [-0.39, 0.29) is 17.4 Å². The van der Waals surface area contributed by atoms with Gasteiger partial charge >= 0.3 is 0 Å². The van der Waals surface area contributed by atoms with E-state index >= 15 is 0 Å². The predicted molar refractivity (Wildman–Crippen MR) is 136 cm³/mol. The third kappa shape index (κ3) is 4.82. The molecule has 0 bridgehead atoms. The Balaban J connectivity index is 1.42. The number of anilines is 1. The number of nitrogens with one attached hydrogen (secondary N) is 1. The highest BCUT2D eigenvalue weighted by Crippen LogP contribution is 2.36. The van der Waals surface area contributed by atoms with Crippen LogP contribution in [0.3, 0.4) is 0 Å². The average Bonchev–Trinajstić information content (AvgIpc) is 3.56. The number of rotatable bonds is 6. The molecule has 0 saturated carbocycles. The van der Waals surface area contributed by atoms with Gasteiger partial charge in [0.05, 0.1) is 12.2 Å². The molecule has 3 N–H and O–H groups in total. The van der Waals surface area contributed by atoms with Crippen molar-refractivity contribution in [3.8, 4) is 11.1 Å². The third-order valence-electron chi connectivity index (χ3n) is 6.69. The van der Waals surface area contributed by atoms with Crippen LogP contribution in [0.15, 0.2) is 66.7 Å². The van der Waals surface area contributed by atoms with Gasteiger partial charge in [-0.2, -0.15) is 0 Å². The summed E-state index contributed by atoms with van der Waals surface area (Å²) >= 11 is 0. The highest BCUT2D eigenvalue weighted by Gasteiger charge is 2.31. The van der Waals surface area contributed by atoms with E-state index in [4.69, 9.17) is 15.9 Å². The second-order valence-electron chi connectivity index (χ2n) is 9.11. The molecular weight excluding hydrogens is 478 g/mol. The molecule has 1 atom stereocenters. The molecule has 3 aromatic carbocycles. The summed E-state index contributed by atoms with van der Waals surface area (Å²) < 4.78 is 30.2. The molecule has 2 aliphatic heterocycles. The van der Waals surface area contributed by atoms with Crippen LogP contribution in [0.4, 0.5) is 14.5 Å². The molecular formula is C28H26F2N4O3. The second kappa shape index (κ2) is 10.1. The quantitative estimate of drug-likeness (QED) is 0.290. The van der Waals surface area contributed by atoms with Gasteiger partial charge < -0.3 is 14.5 Å². The molecule has 1 unspecified atom stereocenters. The van der Waals surface area contributed by atoms with Gasteiger partial charge in [-0.05, 0) is 54.3 Å². The molecule has 9 heteroatoms. The van der Waals surface area contributed by atoms with E-state index in [1.54, 1.807) is 17.0 Å². The van der Waals surface area contributed by atoms with Crippen LogP contribution in [-0.2, 0) is 11.3 Å². The summed E-state index contributed by atoms with van der Waals surface area (Å²) in [6.07, 6.45) is -2.84. The van der Waals surface area contributed by atoms with Crippen LogP contribution in [0.2, 0.25) is 0 Å². The zero-order valence-corrected chi connectivity index (χ0v) is 20.0. The van der Waals surface area contributed by atoms with Crippen molar-refractivity contribution in [3.05, 3.63) is 89.0 Å². The number of carbonyl (C=O) groups excluding carboxylic acids is 2. The average molecular weight is 505 g/mol. The molecule has 7 nitrogen and oxygen atoms in total. The number of carbonyl (C=O) groups is 2. The lowest BCUT2D eigenvalue weighted by molar-refractivity contribution is 0.00821. The van der Waals surface area contributed by atoms with Crippen molar-refractivity contribution in [2.45, 2.75) is 32.0 Å². The number of hydrogen-bond acceptors (Lipinski definition) is 5. The van der Waals surface area contributed by atoms with Gasteiger partial charge in [-0.25, -0.2) is 8.78 Å². The summed E-state index contributed by atoms with van der Waals surface area (Å²) in [7, 11) is 0.